The molecular formula is C29H30N4O4. The Kier molecular flexibility index (Phi) is 9.80. The molecule has 8 nitrogen and oxygen atoms in total. The van der Waals surface area contributed by atoms with Crippen LogP contribution in [-0.4, -0.2) is 30.7 Å². The van der Waals surface area contributed by atoms with Gasteiger partial charge in [-0.25, -0.2) is 5.43 Å². The first kappa shape index (κ1) is 27.0. The molecule has 3 aromatic carbocycles. The zero-order valence-electron chi connectivity index (χ0n) is 21.1. The molecule has 0 saturated heterocycles. The van der Waals surface area contributed by atoms with E-state index in [9.17, 15) is 14.9 Å². The van der Waals surface area contributed by atoms with Crippen molar-refractivity contribution in [1.82, 2.24) is 10.7 Å². The molecule has 190 valence electrons. The molecule has 3 aromatic rings. The smallest absolute Gasteiger partial charge is 0.262 e. The van der Waals surface area contributed by atoms with Gasteiger partial charge in [-0.3, -0.25) is 9.59 Å². The van der Waals surface area contributed by atoms with Gasteiger partial charge in [-0.2, -0.15) is 10.4 Å². The van der Waals surface area contributed by atoms with Gasteiger partial charge in [0, 0.05) is 5.56 Å². The molecule has 0 aliphatic heterocycles. The standard InChI is InChI=1S/C29H30N4O4/c1-20(2)28(32-27(34)19-37-26-11-7-4-8-21(26)3)29(35)33-31-17-22-12-14-25(15-13-22)36-18-24-10-6-5-9-23(24)16-30/h4-15,17,20,28H,18-19H2,1-3H3,(H,32,34)(H,33,35)/b31-17-/t28-/m1/s1. The zero-order valence-corrected chi connectivity index (χ0v) is 21.1. The first-order chi connectivity index (χ1) is 17.9. The Balaban J connectivity index is 1.49. The molecule has 0 aromatic heterocycles. The molecule has 0 aliphatic rings. The summed E-state index contributed by atoms with van der Waals surface area (Å²) in [6, 6.07) is 23.2. The minimum absolute atomic E-state index is 0.153. The molecule has 0 spiro atoms. The Morgan fingerprint density at radius 3 is 2.41 bits per heavy atom. The Labute approximate surface area is 216 Å². The number of benzene rings is 3. The number of para-hydroxylation sites is 1. The minimum Gasteiger partial charge on any atom is -0.489 e. The largest absolute Gasteiger partial charge is 0.489 e. The number of hydrogen-bond acceptors (Lipinski definition) is 6. The van der Waals surface area contributed by atoms with Gasteiger partial charge >= 0.3 is 0 Å². The average Bonchev–Trinajstić information content (AvgIpc) is 2.90. The lowest BCUT2D eigenvalue weighted by Gasteiger charge is -2.20. The van der Waals surface area contributed by atoms with E-state index >= 15 is 0 Å². The molecule has 1 atom stereocenters. The van der Waals surface area contributed by atoms with Crippen molar-refractivity contribution < 1.29 is 19.1 Å². The van der Waals surface area contributed by atoms with Crippen LogP contribution < -0.4 is 20.2 Å². The molecule has 0 fully saturated rings. The van der Waals surface area contributed by atoms with Gasteiger partial charge in [0.05, 0.1) is 17.8 Å². The topological polar surface area (TPSA) is 113 Å². The molecule has 0 radical (unpaired) electrons. The van der Waals surface area contributed by atoms with E-state index in [4.69, 9.17) is 9.47 Å². The fraction of sp³-hybridized carbons (Fsp3) is 0.241. The van der Waals surface area contributed by atoms with Crippen LogP contribution in [0.15, 0.2) is 77.9 Å². The lowest BCUT2D eigenvalue weighted by Crippen LogP contribution is -2.49. The molecule has 37 heavy (non-hydrogen) atoms. The molecule has 3 rings (SSSR count). The van der Waals surface area contributed by atoms with Crippen LogP contribution >= 0.6 is 0 Å². The SMILES string of the molecule is Cc1ccccc1OCC(=O)N[C@@H](C(=O)N/N=C\c1ccc(OCc2ccccc2C#N)cc1)C(C)C. The molecule has 2 N–H and O–H groups in total. The van der Waals surface area contributed by atoms with Crippen LogP contribution in [0.4, 0.5) is 0 Å². The summed E-state index contributed by atoms with van der Waals surface area (Å²) in [5.74, 6) is 0.293. The van der Waals surface area contributed by atoms with Crippen LogP contribution in [0.3, 0.4) is 0 Å². The predicted octanol–water partition coefficient (Wildman–Crippen LogP) is 4.12. The number of aryl methyl sites for hydroxylation is 1. The number of amides is 2. The molecule has 0 unspecified atom stereocenters. The van der Waals surface area contributed by atoms with Gasteiger partial charge in [-0.05, 0) is 60.4 Å². The van der Waals surface area contributed by atoms with Crippen molar-refractivity contribution in [2.45, 2.75) is 33.4 Å². The second-order valence-corrected chi connectivity index (χ2v) is 8.70. The van der Waals surface area contributed by atoms with E-state index in [0.717, 1.165) is 16.7 Å². The number of carbonyl (C=O) groups excluding carboxylic acids is 2. The molecule has 0 heterocycles. The Bertz CT molecular complexity index is 1280. The third-order valence-corrected chi connectivity index (χ3v) is 5.52. The van der Waals surface area contributed by atoms with Crippen LogP contribution in [0.25, 0.3) is 0 Å². The summed E-state index contributed by atoms with van der Waals surface area (Å²) in [6.45, 7) is 5.66. The maximum atomic E-state index is 12.6. The first-order valence-electron chi connectivity index (χ1n) is 11.9. The number of carbonyl (C=O) groups is 2. The molecular weight excluding hydrogens is 468 g/mol. The van der Waals surface area contributed by atoms with Crippen molar-refractivity contribution in [1.29, 1.82) is 5.26 Å². The highest BCUT2D eigenvalue weighted by molar-refractivity contribution is 5.89. The van der Waals surface area contributed by atoms with E-state index in [1.807, 2.05) is 57.2 Å². The Morgan fingerprint density at radius 2 is 1.70 bits per heavy atom. The fourth-order valence-electron chi connectivity index (χ4n) is 3.42. The van der Waals surface area contributed by atoms with E-state index in [-0.39, 0.29) is 19.1 Å². The second kappa shape index (κ2) is 13.4. The van der Waals surface area contributed by atoms with Crippen molar-refractivity contribution in [2.24, 2.45) is 11.0 Å². The molecule has 0 saturated carbocycles. The second-order valence-electron chi connectivity index (χ2n) is 8.70. The van der Waals surface area contributed by atoms with E-state index in [1.54, 1.807) is 36.4 Å². The van der Waals surface area contributed by atoms with E-state index in [0.29, 0.717) is 17.1 Å². The summed E-state index contributed by atoms with van der Waals surface area (Å²) in [6.07, 6.45) is 1.51. The highest BCUT2D eigenvalue weighted by Crippen LogP contribution is 2.17. The highest BCUT2D eigenvalue weighted by atomic mass is 16.5. The van der Waals surface area contributed by atoms with E-state index < -0.39 is 17.9 Å². The summed E-state index contributed by atoms with van der Waals surface area (Å²) >= 11 is 0. The van der Waals surface area contributed by atoms with Gasteiger partial charge in [-0.15, -0.1) is 0 Å². The van der Waals surface area contributed by atoms with Crippen molar-refractivity contribution in [3.8, 4) is 17.6 Å². The van der Waals surface area contributed by atoms with Crippen LogP contribution in [0.5, 0.6) is 11.5 Å². The summed E-state index contributed by atoms with van der Waals surface area (Å²) in [5.41, 5.74) is 5.55. The maximum Gasteiger partial charge on any atom is 0.262 e. The quantitative estimate of drug-likeness (QED) is 0.305. The van der Waals surface area contributed by atoms with E-state index in [1.165, 1.54) is 6.21 Å². The summed E-state index contributed by atoms with van der Waals surface area (Å²) in [4.78, 5) is 25.0. The van der Waals surface area contributed by atoms with Crippen molar-refractivity contribution in [3.05, 3.63) is 95.1 Å². The van der Waals surface area contributed by atoms with Crippen LogP contribution in [0.1, 0.15) is 36.1 Å². The Morgan fingerprint density at radius 1 is 1.00 bits per heavy atom. The van der Waals surface area contributed by atoms with Crippen molar-refractivity contribution in [3.63, 3.8) is 0 Å². The average molecular weight is 499 g/mol. The normalized spacial score (nSPS) is 11.5. The minimum atomic E-state index is -0.766. The summed E-state index contributed by atoms with van der Waals surface area (Å²) in [7, 11) is 0. The van der Waals surface area contributed by atoms with E-state index in [2.05, 4.69) is 21.9 Å². The van der Waals surface area contributed by atoms with Gasteiger partial charge in [-0.1, -0.05) is 50.2 Å². The highest BCUT2D eigenvalue weighted by Gasteiger charge is 2.24. The van der Waals surface area contributed by atoms with Crippen LogP contribution in [0.2, 0.25) is 0 Å². The number of hydrogen-bond donors (Lipinski definition) is 2. The number of rotatable bonds is 11. The maximum absolute atomic E-state index is 12.6. The Hall–Kier alpha value is -4.64. The molecule has 0 aliphatic carbocycles. The van der Waals surface area contributed by atoms with Gasteiger partial charge in [0.2, 0.25) is 0 Å². The monoisotopic (exact) mass is 498 g/mol. The number of nitriles is 1. The van der Waals surface area contributed by atoms with Gasteiger partial charge in [0.15, 0.2) is 6.61 Å². The third kappa shape index (κ3) is 8.22. The number of ether oxygens (including phenoxy) is 2. The summed E-state index contributed by atoms with van der Waals surface area (Å²) in [5, 5.41) is 15.9. The lowest BCUT2D eigenvalue weighted by atomic mass is 10.0. The zero-order chi connectivity index (χ0) is 26.6. The predicted molar refractivity (Wildman–Crippen MR) is 141 cm³/mol. The molecule has 2 amide bonds. The van der Waals surface area contributed by atoms with Crippen LogP contribution in [-0.2, 0) is 16.2 Å². The number of nitrogens with zero attached hydrogens (tertiary/aromatic N) is 2. The fourth-order valence-corrected chi connectivity index (χ4v) is 3.42. The van der Waals surface area contributed by atoms with Gasteiger partial charge in [0.1, 0.15) is 24.1 Å². The third-order valence-electron chi connectivity index (χ3n) is 5.52. The molecule has 0 bridgehead atoms. The molecule has 8 heteroatoms. The van der Waals surface area contributed by atoms with Crippen LogP contribution in [0, 0.1) is 24.2 Å². The number of hydrazone groups is 1. The van der Waals surface area contributed by atoms with Crippen molar-refractivity contribution >= 4 is 18.0 Å². The lowest BCUT2D eigenvalue weighted by molar-refractivity contribution is -0.131. The van der Waals surface area contributed by atoms with Gasteiger partial charge < -0.3 is 14.8 Å². The van der Waals surface area contributed by atoms with Crippen molar-refractivity contribution in [2.75, 3.05) is 6.61 Å². The number of nitrogens with one attached hydrogen (secondary N) is 2. The summed E-state index contributed by atoms with van der Waals surface area (Å²) < 4.78 is 11.3. The van der Waals surface area contributed by atoms with Gasteiger partial charge in [0.25, 0.3) is 11.8 Å². The first-order valence-corrected chi connectivity index (χ1v) is 11.9.